The van der Waals surface area contributed by atoms with E-state index < -0.39 is 0 Å². The van der Waals surface area contributed by atoms with E-state index in [-0.39, 0.29) is 17.9 Å². The van der Waals surface area contributed by atoms with Gasteiger partial charge in [0.15, 0.2) is 0 Å². The first-order valence-electron chi connectivity index (χ1n) is 10.8. The van der Waals surface area contributed by atoms with Crippen molar-refractivity contribution < 1.29 is 9.59 Å². The lowest BCUT2D eigenvalue weighted by Gasteiger charge is -2.47. The number of nitrogens with one attached hydrogen (secondary N) is 1. The maximum Gasteiger partial charge on any atom is 0.270 e. The predicted octanol–water partition coefficient (Wildman–Crippen LogP) is 4.29. The number of aromatic nitrogens is 2. The Morgan fingerprint density at radius 1 is 1.10 bits per heavy atom. The summed E-state index contributed by atoms with van der Waals surface area (Å²) < 4.78 is 0. The number of carbonyl (C=O) groups is 2. The second-order valence-corrected chi connectivity index (χ2v) is 9.00. The van der Waals surface area contributed by atoms with Crippen molar-refractivity contribution in [3.63, 3.8) is 0 Å². The van der Waals surface area contributed by atoms with Gasteiger partial charge in [-0.15, -0.1) is 0 Å². The summed E-state index contributed by atoms with van der Waals surface area (Å²) in [6, 6.07) is 9.34. The van der Waals surface area contributed by atoms with Gasteiger partial charge in [0.2, 0.25) is 0 Å². The van der Waals surface area contributed by atoms with E-state index in [9.17, 15) is 9.59 Å². The standard InChI is InChI=1S/C24H25ClN4O2/c1-15-19-13-18(25)4-5-20(19)27-22(15)24(31)29-11-2-3-17-14-28(12-8-21(17)29)23(30)16-6-9-26-10-7-16/h4-7,9-10,13,17,21,27H,2-3,8,11-12,14H2,1H3/t17-,21-/m1/s1. The van der Waals surface area contributed by atoms with Crippen LogP contribution in [0.3, 0.4) is 0 Å². The Hall–Kier alpha value is -2.86. The van der Waals surface area contributed by atoms with Crippen LogP contribution in [0.4, 0.5) is 0 Å². The molecular formula is C24H25ClN4O2. The van der Waals surface area contributed by atoms with Crippen LogP contribution in [0.1, 0.15) is 45.7 Å². The number of amides is 2. The number of fused-ring (bicyclic) bond motifs is 2. The van der Waals surface area contributed by atoms with Gasteiger partial charge < -0.3 is 14.8 Å². The smallest absolute Gasteiger partial charge is 0.270 e. The second-order valence-electron chi connectivity index (χ2n) is 8.56. The molecule has 3 aromatic rings. The Morgan fingerprint density at radius 3 is 2.71 bits per heavy atom. The van der Waals surface area contributed by atoms with Crippen LogP contribution in [0.5, 0.6) is 0 Å². The molecule has 2 aromatic heterocycles. The summed E-state index contributed by atoms with van der Waals surface area (Å²) >= 11 is 6.16. The van der Waals surface area contributed by atoms with Gasteiger partial charge in [0, 0.05) is 59.6 Å². The molecule has 7 heteroatoms. The van der Waals surface area contributed by atoms with Gasteiger partial charge in [0.05, 0.1) is 0 Å². The van der Waals surface area contributed by atoms with Crippen LogP contribution >= 0.6 is 11.6 Å². The highest BCUT2D eigenvalue weighted by Gasteiger charge is 2.40. The van der Waals surface area contributed by atoms with E-state index in [1.807, 2.05) is 34.9 Å². The molecule has 6 nitrogen and oxygen atoms in total. The van der Waals surface area contributed by atoms with Gasteiger partial charge >= 0.3 is 0 Å². The minimum atomic E-state index is 0.0487. The summed E-state index contributed by atoms with van der Waals surface area (Å²) in [6.07, 6.45) is 6.09. The normalized spacial score (nSPS) is 21.2. The predicted molar refractivity (Wildman–Crippen MR) is 120 cm³/mol. The molecule has 0 unspecified atom stereocenters. The van der Waals surface area contributed by atoms with Gasteiger partial charge in [0.25, 0.3) is 11.8 Å². The summed E-state index contributed by atoms with van der Waals surface area (Å²) in [5.74, 6) is 0.400. The van der Waals surface area contributed by atoms with E-state index in [2.05, 4.69) is 9.97 Å². The number of pyridine rings is 1. The first kappa shape index (κ1) is 20.1. The summed E-state index contributed by atoms with van der Waals surface area (Å²) in [5.41, 5.74) is 3.18. The number of likely N-dealkylation sites (tertiary alicyclic amines) is 2. The van der Waals surface area contributed by atoms with Crippen LogP contribution in [0.25, 0.3) is 10.9 Å². The van der Waals surface area contributed by atoms with Crippen molar-refractivity contribution >= 4 is 34.3 Å². The molecule has 31 heavy (non-hydrogen) atoms. The summed E-state index contributed by atoms with van der Waals surface area (Å²) in [4.78, 5) is 37.7. The number of aryl methyl sites for hydroxylation is 1. The first-order chi connectivity index (χ1) is 15.0. The number of piperidine rings is 2. The fraction of sp³-hybridized carbons (Fsp3) is 0.375. The third-order valence-electron chi connectivity index (χ3n) is 6.78. The van der Waals surface area contributed by atoms with Crippen LogP contribution in [-0.4, -0.2) is 57.3 Å². The van der Waals surface area contributed by atoms with Crippen LogP contribution in [0.15, 0.2) is 42.7 Å². The van der Waals surface area contributed by atoms with E-state index in [1.54, 1.807) is 24.5 Å². The highest BCUT2D eigenvalue weighted by Crippen LogP contribution is 2.33. The Morgan fingerprint density at radius 2 is 1.90 bits per heavy atom. The number of nitrogens with zero attached hydrogens (tertiary/aromatic N) is 3. The molecule has 1 aromatic carbocycles. The zero-order valence-corrected chi connectivity index (χ0v) is 18.2. The lowest BCUT2D eigenvalue weighted by Crippen LogP contribution is -2.56. The van der Waals surface area contributed by atoms with E-state index in [0.717, 1.165) is 42.3 Å². The van der Waals surface area contributed by atoms with Crippen LogP contribution in [-0.2, 0) is 0 Å². The molecule has 2 saturated heterocycles. The van der Waals surface area contributed by atoms with Crippen molar-refractivity contribution in [2.45, 2.75) is 32.2 Å². The minimum Gasteiger partial charge on any atom is -0.350 e. The number of hydrogen-bond acceptors (Lipinski definition) is 3. The zero-order valence-electron chi connectivity index (χ0n) is 17.5. The molecule has 0 saturated carbocycles. The molecule has 2 fully saturated rings. The zero-order chi connectivity index (χ0) is 21.5. The van der Waals surface area contributed by atoms with Gasteiger partial charge in [-0.2, -0.15) is 0 Å². The Bertz CT molecular complexity index is 1140. The first-order valence-corrected chi connectivity index (χ1v) is 11.2. The molecule has 2 aliphatic rings. The monoisotopic (exact) mass is 436 g/mol. The number of aromatic amines is 1. The van der Waals surface area contributed by atoms with Crippen molar-refractivity contribution in [1.82, 2.24) is 19.8 Å². The van der Waals surface area contributed by atoms with Crippen molar-refractivity contribution in [2.24, 2.45) is 5.92 Å². The van der Waals surface area contributed by atoms with Gasteiger partial charge in [-0.3, -0.25) is 14.6 Å². The highest BCUT2D eigenvalue weighted by atomic mass is 35.5. The van der Waals surface area contributed by atoms with Crippen LogP contribution in [0, 0.1) is 12.8 Å². The molecule has 0 radical (unpaired) electrons. The molecular weight excluding hydrogens is 412 g/mol. The number of H-pyrrole nitrogens is 1. The Labute approximate surface area is 186 Å². The van der Waals surface area contributed by atoms with Crippen molar-refractivity contribution in [3.05, 3.63) is 64.6 Å². The maximum atomic E-state index is 13.5. The molecule has 1 N–H and O–H groups in total. The molecule has 2 aliphatic heterocycles. The topological polar surface area (TPSA) is 69.3 Å². The lowest BCUT2D eigenvalue weighted by atomic mass is 9.83. The minimum absolute atomic E-state index is 0.0487. The average Bonchev–Trinajstić information content (AvgIpc) is 3.13. The third kappa shape index (κ3) is 3.59. The van der Waals surface area contributed by atoms with Gasteiger partial charge in [-0.25, -0.2) is 0 Å². The maximum absolute atomic E-state index is 13.5. The van der Waals surface area contributed by atoms with Crippen molar-refractivity contribution in [1.29, 1.82) is 0 Å². The average molecular weight is 437 g/mol. The SMILES string of the molecule is Cc1c(C(=O)N2CCC[C@@H]3CN(C(=O)c4ccncc4)CC[C@H]32)[nH]c2ccc(Cl)cc12. The quantitative estimate of drug-likeness (QED) is 0.651. The van der Waals surface area contributed by atoms with E-state index in [0.29, 0.717) is 35.3 Å². The lowest BCUT2D eigenvalue weighted by molar-refractivity contribution is 0.0194. The fourth-order valence-electron chi connectivity index (χ4n) is 5.17. The van der Waals surface area contributed by atoms with Crippen LogP contribution in [0.2, 0.25) is 5.02 Å². The van der Waals surface area contributed by atoms with E-state index >= 15 is 0 Å². The van der Waals surface area contributed by atoms with Crippen molar-refractivity contribution in [3.8, 4) is 0 Å². The molecule has 4 heterocycles. The summed E-state index contributed by atoms with van der Waals surface area (Å²) in [5, 5.41) is 1.65. The summed E-state index contributed by atoms with van der Waals surface area (Å²) in [7, 11) is 0. The molecule has 0 bridgehead atoms. The second kappa shape index (κ2) is 8.00. The molecule has 2 amide bonds. The molecule has 0 spiro atoms. The highest BCUT2D eigenvalue weighted by molar-refractivity contribution is 6.31. The fourth-order valence-corrected chi connectivity index (χ4v) is 5.35. The molecule has 2 atom stereocenters. The van der Waals surface area contributed by atoms with Gasteiger partial charge in [-0.1, -0.05) is 11.6 Å². The number of halogens is 1. The number of rotatable bonds is 2. The van der Waals surface area contributed by atoms with E-state index in [1.165, 1.54) is 0 Å². The molecule has 5 rings (SSSR count). The Balaban J connectivity index is 1.36. The number of carbonyl (C=O) groups excluding carboxylic acids is 2. The molecule has 160 valence electrons. The number of hydrogen-bond donors (Lipinski definition) is 1. The molecule has 0 aliphatic carbocycles. The Kier molecular flexibility index (Phi) is 5.18. The van der Waals surface area contributed by atoms with Crippen molar-refractivity contribution in [2.75, 3.05) is 19.6 Å². The summed E-state index contributed by atoms with van der Waals surface area (Å²) in [6.45, 7) is 4.08. The van der Waals surface area contributed by atoms with Gasteiger partial charge in [0.1, 0.15) is 5.69 Å². The van der Waals surface area contributed by atoms with Gasteiger partial charge in [-0.05, 0) is 68.0 Å². The largest absolute Gasteiger partial charge is 0.350 e. The third-order valence-corrected chi connectivity index (χ3v) is 7.01. The van der Waals surface area contributed by atoms with E-state index in [4.69, 9.17) is 11.6 Å². The number of benzene rings is 1. The van der Waals surface area contributed by atoms with Crippen LogP contribution < -0.4 is 0 Å².